The predicted molar refractivity (Wildman–Crippen MR) is 101 cm³/mol. The highest BCUT2D eigenvalue weighted by atomic mass is 16.2. The van der Waals surface area contributed by atoms with Gasteiger partial charge in [0.25, 0.3) is 0 Å². The molecule has 7 heteroatoms. The summed E-state index contributed by atoms with van der Waals surface area (Å²) < 4.78 is 3.87. The third-order valence-electron chi connectivity index (χ3n) is 5.05. The van der Waals surface area contributed by atoms with Crippen LogP contribution in [0.3, 0.4) is 0 Å². The molecule has 0 unspecified atom stereocenters. The Hall–Kier alpha value is -2.67. The summed E-state index contributed by atoms with van der Waals surface area (Å²) in [7, 11) is 3.92. The Morgan fingerprint density at radius 3 is 2.92 bits per heavy atom. The van der Waals surface area contributed by atoms with E-state index in [1.54, 1.807) is 17.1 Å². The van der Waals surface area contributed by atoms with Crippen molar-refractivity contribution < 1.29 is 4.79 Å². The van der Waals surface area contributed by atoms with Crippen LogP contribution in [-0.2, 0) is 18.9 Å². The molecule has 0 aliphatic carbocycles. The monoisotopic (exact) mass is 352 g/mol. The smallest absolute Gasteiger partial charge is 0.238 e. The molecule has 1 aliphatic rings. The van der Waals surface area contributed by atoms with Crippen LogP contribution in [-0.4, -0.2) is 49.8 Å². The maximum atomic E-state index is 12.3. The van der Waals surface area contributed by atoms with Crippen molar-refractivity contribution >= 4 is 22.6 Å². The van der Waals surface area contributed by atoms with Gasteiger partial charge in [0.2, 0.25) is 5.91 Å². The standard InChI is InChI=1S/C19H24N6O/c1-23-12-15(10-20-23)21-18(26)13-25-9-5-6-14(11-25)19-22-16-7-3-4-8-17(16)24(19)2/h3-4,7-8,10,12,14H,5-6,9,11,13H2,1-2H3,(H,21,26)/t14-/m0/s1. The lowest BCUT2D eigenvalue weighted by Gasteiger charge is -2.31. The van der Waals surface area contributed by atoms with E-state index in [-0.39, 0.29) is 5.91 Å². The van der Waals surface area contributed by atoms with Crippen molar-refractivity contribution in [3.8, 4) is 0 Å². The lowest BCUT2D eigenvalue weighted by molar-refractivity contribution is -0.117. The third-order valence-corrected chi connectivity index (χ3v) is 5.05. The molecule has 1 saturated heterocycles. The van der Waals surface area contributed by atoms with Crippen molar-refractivity contribution in [1.82, 2.24) is 24.2 Å². The van der Waals surface area contributed by atoms with E-state index in [0.717, 1.165) is 48.5 Å². The highest BCUT2D eigenvalue weighted by molar-refractivity contribution is 5.92. The Morgan fingerprint density at radius 1 is 1.31 bits per heavy atom. The Bertz CT molecular complexity index is 927. The zero-order valence-electron chi connectivity index (χ0n) is 15.2. The number of amides is 1. The van der Waals surface area contributed by atoms with Gasteiger partial charge in [-0.1, -0.05) is 12.1 Å². The minimum Gasteiger partial charge on any atom is -0.331 e. The van der Waals surface area contributed by atoms with Crippen LogP contribution in [0.2, 0.25) is 0 Å². The fourth-order valence-corrected chi connectivity index (χ4v) is 3.83. The molecule has 1 aliphatic heterocycles. The van der Waals surface area contributed by atoms with E-state index in [0.29, 0.717) is 12.5 Å². The van der Waals surface area contributed by atoms with Gasteiger partial charge in [0.15, 0.2) is 0 Å². The van der Waals surface area contributed by atoms with Crippen molar-refractivity contribution in [3.05, 3.63) is 42.5 Å². The molecule has 0 bridgehead atoms. The van der Waals surface area contributed by atoms with Crippen LogP contribution in [0.5, 0.6) is 0 Å². The second kappa shape index (κ2) is 6.92. The van der Waals surface area contributed by atoms with Gasteiger partial charge in [0.1, 0.15) is 5.82 Å². The van der Waals surface area contributed by atoms with Gasteiger partial charge in [-0.15, -0.1) is 0 Å². The van der Waals surface area contributed by atoms with Gasteiger partial charge < -0.3 is 9.88 Å². The summed E-state index contributed by atoms with van der Waals surface area (Å²) >= 11 is 0. The first kappa shape index (κ1) is 16.8. The number of rotatable bonds is 4. The number of benzene rings is 1. The molecular weight excluding hydrogens is 328 g/mol. The number of anilines is 1. The van der Waals surface area contributed by atoms with E-state index in [4.69, 9.17) is 4.98 Å². The van der Waals surface area contributed by atoms with Gasteiger partial charge in [-0.3, -0.25) is 14.4 Å². The van der Waals surface area contributed by atoms with Crippen LogP contribution in [0.1, 0.15) is 24.6 Å². The first-order valence-electron chi connectivity index (χ1n) is 9.02. The van der Waals surface area contributed by atoms with Gasteiger partial charge in [0, 0.05) is 32.8 Å². The Kier molecular flexibility index (Phi) is 4.46. The second-order valence-electron chi connectivity index (χ2n) is 7.04. The molecule has 2 aromatic heterocycles. The lowest BCUT2D eigenvalue weighted by Crippen LogP contribution is -2.40. The summed E-state index contributed by atoms with van der Waals surface area (Å²) in [6.45, 7) is 2.20. The Morgan fingerprint density at radius 2 is 2.15 bits per heavy atom. The van der Waals surface area contributed by atoms with Gasteiger partial charge in [0.05, 0.1) is 29.5 Å². The highest BCUT2D eigenvalue weighted by Crippen LogP contribution is 2.28. The second-order valence-corrected chi connectivity index (χ2v) is 7.04. The van der Waals surface area contributed by atoms with Crippen LogP contribution in [0.4, 0.5) is 5.69 Å². The molecule has 0 radical (unpaired) electrons. The van der Waals surface area contributed by atoms with E-state index in [1.807, 2.05) is 19.2 Å². The Balaban J connectivity index is 1.43. The number of imidazole rings is 1. The zero-order valence-corrected chi connectivity index (χ0v) is 15.2. The minimum atomic E-state index is 0.00338. The van der Waals surface area contributed by atoms with Crippen LogP contribution in [0, 0.1) is 0 Å². The number of fused-ring (bicyclic) bond motifs is 1. The largest absolute Gasteiger partial charge is 0.331 e. The molecular formula is C19H24N6O. The fourth-order valence-electron chi connectivity index (χ4n) is 3.83. The van der Waals surface area contributed by atoms with E-state index in [1.165, 1.54) is 0 Å². The molecule has 136 valence electrons. The Labute approximate surface area is 152 Å². The number of hydrogen-bond donors (Lipinski definition) is 1. The van der Waals surface area contributed by atoms with Gasteiger partial charge >= 0.3 is 0 Å². The van der Waals surface area contributed by atoms with E-state index < -0.39 is 0 Å². The van der Waals surface area contributed by atoms with E-state index in [9.17, 15) is 4.79 Å². The minimum absolute atomic E-state index is 0.00338. The maximum absolute atomic E-state index is 12.3. The third kappa shape index (κ3) is 3.35. The summed E-state index contributed by atoms with van der Waals surface area (Å²) in [6, 6.07) is 8.23. The average molecular weight is 352 g/mol. The van der Waals surface area contributed by atoms with Crippen molar-refractivity contribution in [3.63, 3.8) is 0 Å². The number of para-hydroxylation sites is 2. The number of aryl methyl sites for hydroxylation is 2. The summed E-state index contributed by atoms with van der Waals surface area (Å²) in [6.07, 6.45) is 5.65. The topological polar surface area (TPSA) is 68.0 Å². The summed E-state index contributed by atoms with van der Waals surface area (Å²) in [5, 5.41) is 6.99. The van der Waals surface area contributed by atoms with Gasteiger partial charge in [-0.2, -0.15) is 5.10 Å². The molecule has 3 aromatic rings. The molecule has 1 aromatic carbocycles. The van der Waals surface area contributed by atoms with Crippen LogP contribution in [0.25, 0.3) is 11.0 Å². The molecule has 1 amide bonds. The lowest BCUT2D eigenvalue weighted by atomic mass is 9.97. The molecule has 26 heavy (non-hydrogen) atoms. The summed E-state index contributed by atoms with van der Waals surface area (Å²) in [5.41, 5.74) is 2.94. The number of hydrogen-bond acceptors (Lipinski definition) is 4. The molecule has 1 fully saturated rings. The van der Waals surface area contributed by atoms with Crippen molar-refractivity contribution in [1.29, 1.82) is 0 Å². The summed E-state index contributed by atoms with van der Waals surface area (Å²) in [4.78, 5) is 19.4. The molecule has 7 nitrogen and oxygen atoms in total. The maximum Gasteiger partial charge on any atom is 0.238 e. The predicted octanol–water partition coefficient (Wildman–Crippen LogP) is 2.12. The van der Waals surface area contributed by atoms with Gasteiger partial charge in [-0.25, -0.2) is 4.98 Å². The van der Waals surface area contributed by atoms with Crippen molar-refractivity contribution in [2.45, 2.75) is 18.8 Å². The first-order valence-corrected chi connectivity index (χ1v) is 9.02. The molecule has 4 rings (SSSR count). The SMILES string of the molecule is Cn1cc(NC(=O)CN2CCC[C@H](c3nc4ccccc4n3C)C2)cn1. The van der Waals surface area contributed by atoms with E-state index in [2.05, 4.69) is 39.1 Å². The van der Waals surface area contributed by atoms with Crippen molar-refractivity contribution in [2.24, 2.45) is 14.1 Å². The molecule has 3 heterocycles. The molecule has 0 saturated carbocycles. The quantitative estimate of drug-likeness (QED) is 0.781. The summed E-state index contributed by atoms with van der Waals surface area (Å²) in [5.74, 6) is 1.47. The highest BCUT2D eigenvalue weighted by Gasteiger charge is 2.26. The number of nitrogens with zero attached hydrogens (tertiary/aromatic N) is 5. The number of nitrogens with one attached hydrogen (secondary N) is 1. The van der Waals surface area contributed by atoms with Crippen LogP contribution in [0.15, 0.2) is 36.7 Å². The van der Waals surface area contributed by atoms with E-state index >= 15 is 0 Å². The fraction of sp³-hybridized carbons (Fsp3) is 0.421. The number of aromatic nitrogens is 4. The molecule has 1 atom stereocenters. The number of carbonyl (C=O) groups is 1. The zero-order chi connectivity index (χ0) is 18.1. The molecule has 1 N–H and O–H groups in total. The number of likely N-dealkylation sites (tertiary alicyclic amines) is 1. The normalized spacial score (nSPS) is 18.3. The van der Waals surface area contributed by atoms with Crippen LogP contribution >= 0.6 is 0 Å². The first-order chi connectivity index (χ1) is 12.6. The molecule has 0 spiro atoms. The van der Waals surface area contributed by atoms with Gasteiger partial charge in [-0.05, 0) is 31.5 Å². The number of carbonyl (C=O) groups excluding carboxylic acids is 1. The average Bonchev–Trinajstić information content (AvgIpc) is 3.19. The van der Waals surface area contributed by atoms with Crippen LogP contribution < -0.4 is 5.32 Å². The number of piperidine rings is 1. The van der Waals surface area contributed by atoms with Crippen molar-refractivity contribution in [2.75, 3.05) is 25.0 Å².